The van der Waals surface area contributed by atoms with Crippen molar-refractivity contribution in [3.05, 3.63) is 193 Å². The Morgan fingerprint density at radius 2 is 0.741 bits per heavy atom. The Balaban J connectivity index is 0.000000181. The van der Waals surface area contributed by atoms with Crippen molar-refractivity contribution in [1.82, 2.24) is 0 Å². The van der Waals surface area contributed by atoms with E-state index in [0.29, 0.717) is 5.41 Å². The van der Waals surface area contributed by atoms with Crippen molar-refractivity contribution in [3.63, 3.8) is 0 Å². The van der Waals surface area contributed by atoms with E-state index in [4.69, 9.17) is 32.8 Å². The molecule has 3 fully saturated rings. The molecule has 0 bridgehead atoms. The van der Waals surface area contributed by atoms with E-state index in [1.54, 1.807) is 0 Å². The molecule has 0 aliphatic carbocycles. The predicted octanol–water partition coefficient (Wildman–Crippen LogP) is 19.4. The zero-order valence-corrected chi connectivity index (χ0v) is 57.6. The van der Waals surface area contributed by atoms with Gasteiger partial charge in [-0.15, -0.1) is 0 Å². The highest BCUT2D eigenvalue weighted by Crippen LogP contribution is 2.41. The molecule has 0 saturated carbocycles. The van der Waals surface area contributed by atoms with Crippen LogP contribution < -0.4 is 25.5 Å². The second-order valence-electron chi connectivity index (χ2n) is 24.3. The first-order valence-electron chi connectivity index (χ1n) is 30.0. The van der Waals surface area contributed by atoms with Gasteiger partial charge in [0.1, 0.15) is 5.75 Å². The minimum atomic E-state index is -0.389. The van der Waals surface area contributed by atoms with Crippen LogP contribution in [0.2, 0.25) is 0 Å². The molecule has 0 aromatic heterocycles. The van der Waals surface area contributed by atoms with Gasteiger partial charge in [-0.3, -0.25) is 0 Å². The van der Waals surface area contributed by atoms with Crippen LogP contribution >= 0.6 is 63.7 Å². The lowest BCUT2D eigenvalue weighted by Gasteiger charge is -2.40. The van der Waals surface area contributed by atoms with Crippen LogP contribution in [0.1, 0.15) is 120 Å². The van der Waals surface area contributed by atoms with Gasteiger partial charge >= 0.3 is 14.2 Å². The molecule has 0 spiro atoms. The van der Waals surface area contributed by atoms with Crippen LogP contribution in [0.4, 0.5) is 34.1 Å². The van der Waals surface area contributed by atoms with Gasteiger partial charge in [0.2, 0.25) is 0 Å². The highest BCUT2D eigenvalue weighted by atomic mass is 79.9. The van der Waals surface area contributed by atoms with E-state index in [9.17, 15) is 0 Å². The summed E-state index contributed by atoms with van der Waals surface area (Å²) in [6.45, 7) is 25.4. The summed E-state index contributed by atoms with van der Waals surface area (Å²) >= 11 is 13.9. The number of hydrogen-bond donors (Lipinski definition) is 0. The summed E-state index contributed by atoms with van der Waals surface area (Å²) in [6, 6.07) is 58.9. The molecule has 3 saturated heterocycles. The first-order valence-corrected chi connectivity index (χ1v) is 33.2. The molecule has 15 heteroatoms. The molecule has 0 radical (unpaired) electrons. The standard InChI is InChI=1S/C34H45B2NO4.C18H12Br3N.C18H27BrO3/c1-10-11-12-25-13-19-28(20-14-25)37(29-21-15-26(16-22-29)35-38-31(2,3)32(4,5)39-35)30-23-17-27(18-24-30)36-40-33(6,7)34(8,9)41-36;19-13-1-7-16(8-2-13)22(17-9-3-14(20)4-10-17)18-11-5-15(21)6-12-18;1-2-18(14-21-15-18)13-20-11-5-3-4-6-12-22-17-9-7-16(19)8-10-17/h13-24H,10-12H2,1-9H3;1-12H;7-10H,2-6,11-15H2,1H3. The third-order valence-corrected chi connectivity index (χ3v) is 19.0. The van der Waals surface area contributed by atoms with Crippen LogP contribution in [0.15, 0.2) is 188 Å². The van der Waals surface area contributed by atoms with Gasteiger partial charge in [0, 0.05) is 64.0 Å². The average molecular weight is 1410 g/mol. The Morgan fingerprint density at radius 1 is 0.412 bits per heavy atom. The van der Waals surface area contributed by atoms with Crippen molar-refractivity contribution < 1.29 is 32.8 Å². The maximum atomic E-state index is 6.30. The number of nitrogens with zero attached hydrogens (tertiary/aromatic N) is 2. The molecule has 0 amide bonds. The molecular weight excluding hydrogens is 1320 g/mol. The Morgan fingerprint density at radius 3 is 1.07 bits per heavy atom. The van der Waals surface area contributed by atoms with Crippen LogP contribution in [-0.2, 0) is 34.5 Å². The van der Waals surface area contributed by atoms with E-state index in [0.717, 1.165) is 127 Å². The third-order valence-electron chi connectivity index (χ3n) is 16.9. The molecule has 7 aromatic carbocycles. The van der Waals surface area contributed by atoms with E-state index in [2.05, 4.69) is 288 Å². The zero-order chi connectivity index (χ0) is 60.8. The van der Waals surface area contributed by atoms with Crippen molar-refractivity contribution in [2.24, 2.45) is 5.41 Å². The quantitative estimate of drug-likeness (QED) is 0.0487. The number of anilines is 6. The average Bonchev–Trinajstić information content (AvgIpc) is 2.46. The summed E-state index contributed by atoms with van der Waals surface area (Å²) in [5, 5.41) is 0. The van der Waals surface area contributed by atoms with Gasteiger partial charge in [-0.05, 0) is 244 Å². The number of halogens is 4. The summed E-state index contributed by atoms with van der Waals surface area (Å²) in [4.78, 5) is 4.51. The SMILES string of the molecule is Brc1ccc(N(c2ccc(Br)cc2)c2ccc(Br)cc2)cc1.CCC1(COCCCCCCOc2ccc(Br)cc2)COC1.CCCCc1ccc(N(c2ccc(B3OC(C)(C)C(C)(C)O3)cc2)c2ccc(B3OC(C)(C)C(C)(C)O3)cc2)cc1. The molecule has 0 unspecified atom stereocenters. The number of aryl methyl sites for hydroxylation is 1. The summed E-state index contributed by atoms with van der Waals surface area (Å²) in [7, 11) is -0.779. The topological polar surface area (TPSA) is 71.1 Å². The minimum Gasteiger partial charge on any atom is -0.494 e. The molecule has 10 rings (SSSR count). The Hall–Kier alpha value is -4.25. The smallest absolute Gasteiger partial charge is 0.494 e. The van der Waals surface area contributed by atoms with Crippen molar-refractivity contribution >= 4 is 123 Å². The highest BCUT2D eigenvalue weighted by Gasteiger charge is 2.53. The Bertz CT molecular complexity index is 2920. The van der Waals surface area contributed by atoms with Gasteiger partial charge in [0.05, 0.1) is 48.8 Å². The van der Waals surface area contributed by atoms with Crippen molar-refractivity contribution in [2.75, 3.05) is 42.8 Å². The van der Waals surface area contributed by atoms with E-state index in [-0.39, 0.29) is 36.6 Å². The maximum Gasteiger partial charge on any atom is 0.494 e. The molecule has 9 nitrogen and oxygen atoms in total. The fourth-order valence-corrected chi connectivity index (χ4v) is 10.9. The number of benzene rings is 7. The molecule has 0 atom stereocenters. The number of unbranched alkanes of at least 4 members (excludes halogenated alkanes) is 4. The molecule has 450 valence electrons. The van der Waals surface area contributed by atoms with Crippen LogP contribution in [0.5, 0.6) is 5.75 Å². The van der Waals surface area contributed by atoms with Gasteiger partial charge in [0.25, 0.3) is 0 Å². The zero-order valence-electron chi connectivity index (χ0n) is 51.3. The normalized spacial score (nSPS) is 16.8. The second kappa shape index (κ2) is 30.3. The minimum absolute atomic E-state index is 0.318. The fraction of sp³-hybridized carbons (Fsp3) is 0.400. The van der Waals surface area contributed by atoms with Gasteiger partial charge in [0.15, 0.2) is 0 Å². The third kappa shape index (κ3) is 18.0. The first kappa shape index (κ1) is 66.7. The van der Waals surface area contributed by atoms with Crippen molar-refractivity contribution in [3.8, 4) is 5.75 Å². The summed E-state index contributed by atoms with van der Waals surface area (Å²) in [6.07, 6.45) is 9.29. The van der Waals surface area contributed by atoms with E-state index in [1.807, 2.05) is 24.3 Å². The monoisotopic (exact) mass is 1400 g/mol. The lowest BCUT2D eigenvalue weighted by molar-refractivity contribution is -0.150. The first-order chi connectivity index (χ1) is 40.6. The highest BCUT2D eigenvalue weighted by molar-refractivity contribution is 9.11. The van der Waals surface area contributed by atoms with E-state index < -0.39 is 0 Å². The molecule has 3 aliphatic rings. The fourth-order valence-electron chi connectivity index (χ4n) is 9.83. The van der Waals surface area contributed by atoms with Crippen LogP contribution in [0.3, 0.4) is 0 Å². The summed E-state index contributed by atoms with van der Waals surface area (Å²) in [5.41, 5.74) is 8.80. The number of hydrogen-bond acceptors (Lipinski definition) is 9. The Kier molecular flexibility index (Phi) is 23.8. The van der Waals surface area contributed by atoms with Gasteiger partial charge in [-0.2, -0.15) is 0 Å². The lowest BCUT2D eigenvalue weighted by Crippen LogP contribution is -2.45. The van der Waals surface area contributed by atoms with Gasteiger partial charge < -0.3 is 42.6 Å². The molecule has 3 aliphatic heterocycles. The maximum absolute atomic E-state index is 6.30. The Labute approximate surface area is 542 Å². The van der Waals surface area contributed by atoms with Crippen LogP contribution in [-0.4, -0.2) is 69.7 Å². The predicted molar refractivity (Wildman–Crippen MR) is 368 cm³/mol. The van der Waals surface area contributed by atoms with Crippen molar-refractivity contribution in [1.29, 1.82) is 0 Å². The van der Waals surface area contributed by atoms with Gasteiger partial charge in [-0.25, -0.2) is 0 Å². The summed E-state index contributed by atoms with van der Waals surface area (Å²) in [5.74, 6) is 0.944. The van der Waals surface area contributed by atoms with Gasteiger partial charge in [-0.1, -0.05) is 127 Å². The molecule has 0 N–H and O–H groups in total. The molecule has 85 heavy (non-hydrogen) atoms. The number of rotatable bonds is 22. The van der Waals surface area contributed by atoms with E-state index >= 15 is 0 Å². The second-order valence-corrected chi connectivity index (χ2v) is 28.0. The molecular formula is C70H84B2Br4N2O7. The lowest BCUT2D eigenvalue weighted by atomic mass is 9.79. The van der Waals surface area contributed by atoms with Crippen LogP contribution in [0, 0.1) is 5.41 Å². The van der Waals surface area contributed by atoms with Crippen LogP contribution in [0.25, 0.3) is 0 Å². The van der Waals surface area contributed by atoms with Crippen molar-refractivity contribution in [2.45, 2.75) is 143 Å². The molecule has 7 aromatic rings. The number of ether oxygens (including phenoxy) is 3. The largest absolute Gasteiger partial charge is 0.494 e. The van der Waals surface area contributed by atoms with E-state index in [1.165, 1.54) is 31.2 Å². The summed E-state index contributed by atoms with van der Waals surface area (Å²) < 4.78 is 46.3. The molecule has 3 heterocycles.